The molecule has 39 heavy (non-hydrogen) atoms. The summed E-state index contributed by atoms with van der Waals surface area (Å²) >= 11 is 10.8. The number of rotatable bonds is 26. The Bertz CT molecular complexity index is 603. The molecule has 0 aromatic heterocycles. The SMILES string of the molecule is CCCCCCCCCCCCC(=S)OC[C@@H](O)[C@@H]1OC[C@H](O)[C@@H]1OC(=S)CCCCCCCCCCCC. The maximum atomic E-state index is 10.7. The lowest BCUT2D eigenvalue weighted by Gasteiger charge is -2.26. The molecule has 1 rings (SSSR count). The quantitative estimate of drug-likeness (QED) is 0.0773. The van der Waals surface area contributed by atoms with E-state index in [0.29, 0.717) is 16.5 Å². The highest BCUT2D eigenvalue weighted by atomic mass is 32.1. The lowest BCUT2D eigenvalue weighted by molar-refractivity contribution is -0.0620. The van der Waals surface area contributed by atoms with E-state index in [0.717, 1.165) is 32.1 Å². The maximum absolute atomic E-state index is 10.7. The molecule has 1 heterocycles. The Balaban J connectivity index is 2.12. The summed E-state index contributed by atoms with van der Waals surface area (Å²) in [6, 6.07) is 0. The molecule has 230 valence electrons. The molecule has 0 radical (unpaired) electrons. The van der Waals surface area contributed by atoms with E-state index < -0.39 is 24.4 Å². The van der Waals surface area contributed by atoms with Crippen molar-refractivity contribution in [3.05, 3.63) is 0 Å². The molecule has 0 aromatic rings. The average Bonchev–Trinajstić information content (AvgIpc) is 3.29. The van der Waals surface area contributed by atoms with Crippen molar-refractivity contribution in [3.63, 3.8) is 0 Å². The zero-order chi connectivity index (χ0) is 28.6. The Morgan fingerprint density at radius 3 is 1.56 bits per heavy atom. The zero-order valence-corrected chi connectivity index (χ0v) is 26.8. The van der Waals surface area contributed by atoms with Crippen LogP contribution in [0.2, 0.25) is 0 Å². The first-order valence-corrected chi connectivity index (χ1v) is 17.1. The predicted octanol–water partition coefficient (Wildman–Crippen LogP) is 8.79. The van der Waals surface area contributed by atoms with Gasteiger partial charge in [0.1, 0.15) is 24.9 Å². The fraction of sp³-hybridized carbons (Fsp3) is 0.938. The zero-order valence-electron chi connectivity index (χ0n) is 25.2. The molecule has 0 unspecified atom stereocenters. The van der Waals surface area contributed by atoms with Gasteiger partial charge < -0.3 is 24.4 Å². The molecular weight excluding hydrogens is 528 g/mol. The van der Waals surface area contributed by atoms with Crippen molar-refractivity contribution in [3.8, 4) is 0 Å². The van der Waals surface area contributed by atoms with Gasteiger partial charge in [0.25, 0.3) is 0 Å². The summed E-state index contributed by atoms with van der Waals surface area (Å²) < 4.78 is 17.2. The van der Waals surface area contributed by atoms with Crippen LogP contribution < -0.4 is 0 Å². The van der Waals surface area contributed by atoms with Crippen LogP contribution >= 0.6 is 24.4 Å². The van der Waals surface area contributed by atoms with Crippen LogP contribution in [-0.2, 0) is 14.2 Å². The van der Waals surface area contributed by atoms with Crippen molar-refractivity contribution >= 4 is 34.5 Å². The molecule has 1 aliphatic heterocycles. The summed E-state index contributed by atoms with van der Waals surface area (Å²) in [5, 5.41) is 22.0. The smallest absolute Gasteiger partial charge is 0.160 e. The number of aliphatic hydroxyl groups excluding tert-OH is 2. The van der Waals surface area contributed by atoms with Gasteiger partial charge in [-0.05, 0) is 37.3 Å². The second-order valence-corrected chi connectivity index (χ2v) is 12.3. The van der Waals surface area contributed by atoms with E-state index >= 15 is 0 Å². The number of hydrogen-bond donors (Lipinski definition) is 2. The first-order chi connectivity index (χ1) is 19.0. The molecule has 0 saturated carbocycles. The summed E-state index contributed by atoms with van der Waals surface area (Å²) in [4.78, 5) is 0. The Morgan fingerprint density at radius 1 is 0.692 bits per heavy atom. The molecule has 1 fully saturated rings. The van der Waals surface area contributed by atoms with E-state index in [1.807, 2.05) is 0 Å². The molecule has 1 aliphatic rings. The highest BCUT2D eigenvalue weighted by Crippen LogP contribution is 2.23. The van der Waals surface area contributed by atoms with Gasteiger partial charge >= 0.3 is 0 Å². The number of thiocarbonyl (C=S) groups is 2. The molecule has 4 atom stereocenters. The molecular formula is C32H60O5S2. The minimum Gasteiger partial charge on any atom is -0.484 e. The third kappa shape index (κ3) is 19.4. The fourth-order valence-corrected chi connectivity index (χ4v) is 5.63. The van der Waals surface area contributed by atoms with Crippen LogP contribution in [0.3, 0.4) is 0 Å². The van der Waals surface area contributed by atoms with Crippen molar-refractivity contribution in [2.24, 2.45) is 0 Å². The van der Waals surface area contributed by atoms with Crippen LogP contribution in [0.4, 0.5) is 0 Å². The predicted molar refractivity (Wildman–Crippen MR) is 171 cm³/mol. The number of ether oxygens (including phenoxy) is 3. The summed E-state index contributed by atoms with van der Waals surface area (Å²) in [5.74, 6) is 0. The average molecular weight is 589 g/mol. The Hall–Kier alpha value is -0.340. The Labute approximate surface area is 251 Å². The molecule has 0 amide bonds. The first kappa shape index (κ1) is 36.7. The van der Waals surface area contributed by atoms with Gasteiger partial charge in [0, 0.05) is 12.8 Å². The van der Waals surface area contributed by atoms with Crippen LogP contribution in [0.25, 0.3) is 0 Å². The van der Waals surface area contributed by atoms with Crippen molar-refractivity contribution in [1.29, 1.82) is 0 Å². The van der Waals surface area contributed by atoms with E-state index in [2.05, 4.69) is 13.8 Å². The second kappa shape index (κ2) is 25.4. The van der Waals surface area contributed by atoms with Gasteiger partial charge in [-0.2, -0.15) is 0 Å². The molecule has 0 aromatic carbocycles. The van der Waals surface area contributed by atoms with Gasteiger partial charge in [-0.1, -0.05) is 129 Å². The standard InChI is InChI=1S/C32H60O5S2/c1-3-5-7-9-11-13-15-17-19-21-23-29(38)35-25-27(33)31-32(28(34)26-36-31)37-30(39)24-22-20-18-16-14-12-10-8-6-4-2/h27-28,31-34H,3-26H2,1-2H3/t27-,28+,31+,32+/m1/s1. The number of unbranched alkanes of at least 4 members (excludes halogenated alkanes) is 18. The van der Waals surface area contributed by atoms with E-state index in [1.54, 1.807) is 0 Å². The maximum Gasteiger partial charge on any atom is 0.160 e. The van der Waals surface area contributed by atoms with Crippen molar-refractivity contribution < 1.29 is 24.4 Å². The first-order valence-electron chi connectivity index (χ1n) is 16.3. The Kier molecular flexibility index (Phi) is 23.9. The van der Waals surface area contributed by atoms with Gasteiger partial charge in [0.2, 0.25) is 0 Å². The van der Waals surface area contributed by atoms with Crippen molar-refractivity contribution in [1.82, 2.24) is 0 Å². The van der Waals surface area contributed by atoms with Crippen molar-refractivity contribution in [2.75, 3.05) is 13.2 Å². The molecule has 0 aliphatic carbocycles. The van der Waals surface area contributed by atoms with E-state index in [1.165, 1.54) is 103 Å². The minimum absolute atomic E-state index is 0.0407. The van der Waals surface area contributed by atoms with Crippen LogP contribution in [0.1, 0.15) is 155 Å². The monoisotopic (exact) mass is 588 g/mol. The van der Waals surface area contributed by atoms with Gasteiger partial charge in [-0.25, -0.2) is 0 Å². The van der Waals surface area contributed by atoms with Crippen LogP contribution in [-0.4, -0.2) is 57.9 Å². The Morgan fingerprint density at radius 2 is 1.10 bits per heavy atom. The molecule has 0 spiro atoms. The summed E-state index contributed by atoms with van der Waals surface area (Å²) in [5.41, 5.74) is 0. The summed E-state index contributed by atoms with van der Waals surface area (Å²) in [7, 11) is 0. The van der Waals surface area contributed by atoms with Crippen LogP contribution in [0, 0.1) is 0 Å². The van der Waals surface area contributed by atoms with Gasteiger partial charge in [0.05, 0.1) is 6.61 Å². The third-order valence-electron chi connectivity index (χ3n) is 7.69. The molecule has 0 bridgehead atoms. The molecule has 5 nitrogen and oxygen atoms in total. The lowest BCUT2D eigenvalue weighted by atomic mass is 10.1. The van der Waals surface area contributed by atoms with E-state index in [9.17, 15) is 10.2 Å². The highest BCUT2D eigenvalue weighted by Gasteiger charge is 2.43. The number of aliphatic hydroxyl groups is 2. The molecule has 2 N–H and O–H groups in total. The molecule has 1 saturated heterocycles. The largest absolute Gasteiger partial charge is 0.484 e. The summed E-state index contributed by atoms with van der Waals surface area (Å²) in [6.07, 6.45) is 23.8. The topological polar surface area (TPSA) is 68.2 Å². The normalized spacial score (nSPS) is 19.7. The van der Waals surface area contributed by atoms with Crippen LogP contribution in [0.5, 0.6) is 0 Å². The highest BCUT2D eigenvalue weighted by molar-refractivity contribution is 7.80. The van der Waals surface area contributed by atoms with Gasteiger partial charge in [-0.15, -0.1) is 0 Å². The minimum atomic E-state index is -0.932. The van der Waals surface area contributed by atoms with Gasteiger partial charge in [-0.3, -0.25) is 0 Å². The molecule has 7 heteroatoms. The number of hydrogen-bond acceptors (Lipinski definition) is 7. The van der Waals surface area contributed by atoms with Crippen LogP contribution in [0.15, 0.2) is 0 Å². The van der Waals surface area contributed by atoms with E-state index in [4.69, 9.17) is 38.6 Å². The van der Waals surface area contributed by atoms with Gasteiger partial charge in [0.15, 0.2) is 16.2 Å². The van der Waals surface area contributed by atoms with Crippen molar-refractivity contribution in [2.45, 2.75) is 180 Å². The fourth-order valence-electron chi connectivity index (χ4n) is 5.16. The lowest BCUT2D eigenvalue weighted by Crippen LogP contribution is -2.43. The van der Waals surface area contributed by atoms with E-state index in [-0.39, 0.29) is 13.2 Å². The third-order valence-corrected chi connectivity index (χ3v) is 8.32. The summed E-state index contributed by atoms with van der Waals surface area (Å²) in [6.45, 7) is 4.67. The second-order valence-electron chi connectivity index (χ2n) is 11.4.